The molecule has 0 radical (unpaired) electrons. The molecule has 1 atom stereocenters. The largest absolute Gasteiger partial charge is 0.484 e. The van der Waals surface area contributed by atoms with Crippen molar-refractivity contribution in [1.29, 1.82) is 0 Å². The number of halogens is 1. The number of ether oxygens (including phenoxy) is 1. The Kier molecular flexibility index (Phi) is 6.99. The van der Waals surface area contributed by atoms with Gasteiger partial charge in [0, 0.05) is 5.56 Å². The molecule has 0 saturated heterocycles. The lowest BCUT2D eigenvalue weighted by Crippen LogP contribution is -2.20. The molecule has 0 bridgehead atoms. The number of aryl methyl sites for hydroxylation is 1. The van der Waals surface area contributed by atoms with E-state index in [1.807, 2.05) is 36.4 Å². The van der Waals surface area contributed by atoms with E-state index in [0.717, 1.165) is 29.5 Å². The number of nitrogens with one attached hydrogen (secondary N) is 1. The van der Waals surface area contributed by atoms with Crippen molar-refractivity contribution in [2.24, 2.45) is 0 Å². The molecule has 1 aromatic heterocycles. The lowest BCUT2D eigenvalue weighted by atomic mass is 9.98. The summed E-state index contributed by atoms with van der Waals surface area (Å²) in [5.41, 5.74) is 5.19. The molecule has 6 heteroatoms. The Labute approximate surface area is 198 Å². The minimum Gasteiger partial charge on any atom is -0.484 e. The number of oxazole rings is 1. The minimum absolute atomic E-state index is 0.118. The summed E-state index contributed by atoms with van der Waals surface area (Å²) in [5, 5.41) is 3.24. The van der Waals surface area contributed by atoms with Gasteiger partial charge in [-0.2, -0.15) is 0 Å². The Bertz CT molecular complexity index is 1260. The fraction of sp³-hybridized carbons (Fsp3) is 0.259. The first-order valence-corrected chi connectivity index (χ1v) is 11.6. The molecule has 1 amide bonds. The molecule has 0 aliphatic rings. The molecular formula is C27H27ClN2O3. The van der Waals surface area contributed by atoms with Gasteiger partial charge < -0.3 is 14.5 Å². The fourth-order valence-electron chi connectivity index (χ4n) is 3.52. The monoisotopic (exact) mass is 462 g/mol. The maximum atomic E-state index is 12.4. The number of rotatable bonds is 8. The van der Waals surface area contributed by atoms with E-state index in [9.17, 15) is 4.79 Å². The number of hydrogen-bond acceptors (Lipinski definition) is 4. The van der Waals surface area contributed by atoms with Crippen LogP contribution in [-0.4, -0.2) is 17.5 Å². The van der Waals surface area contributed by atoms with Crippen LogP contribution < -0.4 is 10.1 Å². The number of nitrogens with zero attached hydrogens (tertiary/aromatic N) is 1. The van der Waals surface area contributed by atoms with Crippen LogP contribution in [0.1, 0.15) is 44.2 Å². The Morgan fingerprint density at radius 2 is 1.88 bits per heavy atom. The summed E-state index contributed by atoms with van der Waals surface area (Å²) < 4.78 is 11.5. The Balaban J connectivity index is 1.48. The van der Waals surface area contributed by atoms with Crippen LogP contribution in [0.5, 0.6) is 5.75 Å². The maximum Gasteiger partial charge on any atom is 0.262 e. The third-order valence-corrected chi connectivity index (χ3v) is 6.11. The number of hydrogen-bond donors (Lipinski definition) is 1. The van der Waals surface area contributed by atoms with Crippen LogP contribution in [0.4, 0.5) is 5.69 Å². The van der Waals surface area contributed by atoms with E-state index in [1.54, 1.807) is 12.1 Å². The summed E-state index contributed by atoms with van der Waals surface area (Å²) in [6.45, 7) is 6.33. The highest BCUT2D eigenvalue weighted by molar-refractivity contribution is 6.33. The highest BCUT2D eigenvalue weighted by Gasteiger charge is 2.14. The van der Waals surface area contributed by atoms with Crippen molar-refractivity contribution in [3.8, 4) is 17.2 Å². The maximum absolute atomic E-state index is 12.4. The lowest BCUT2D eigenvalue weighted by molar-refractivity contribution is -0.118. The Hall–Kier alpha value is -3.31. The third kappa shape index (κ3) is 5.37. The van der Waals surface area contributed by atoms with Crippen LogP contribution in [0.2, 0.25) is 5.02 Å². The van der Waals surface area contributed by atoms with Gasteiger partial charge >= 0.3 is 0 Å². The summed E-state index contributed by atoms with van der Waals surface area (Å²) in [5.74, 6) is 1.28. The predicted molar refractivity (Wildman–Crippen MR) is 133 cm³/mol. The Morgan fingerprint density at radius 1 is 1.09 bits per heavy atom. The predicted octanol–water partition coefficient (Wildman–Crippen LogP) is 7.24. The molecule has 33 heavy (non-hydrogen) atoms. The topological polar surface area (TPSA) is 64.4 Å². The number of benzene rings is 3. The van der Waals surface area contributed by atoms with Gasteiger partial charge in [-0.15, -0.1) is 0 Å². The zero-order valence-electron chi connectivity index (χ0n) is 19.0. The molecular weight excluding hydrogens is 436 g/mol. The molecule has 4 rings (SSSR count). The van der Waals surface area contributed by atoms with E-state index in [2.05, 4.69) is 43.2 Å². The molecule has 170 valence electrons. The number of carbonyl (C=O) groups excluding carboxylic acids is 1. The summed E-state index contributed by atoms with van der Waals surface area (Å²) in [6, 6.07) is 19.1. The van der Waals surface area contributed by atoms with Gasteiger partial charge in [0.25, 0.3) is 5.91 Å². The smallest absolute Gasteiger partial charge is 0.262 e. The second-order valence-electron chi connectivity index (χ2n) is 8.08. The first-order chi connectivity index (χ1) is 16.0. The minimum atomic E-state index is -0.302. The van der Waals surface area contributed by atoms with E-state index in [1.165, 1.54) is 11.1 Å². The van der Waals surface area contributed by atoms with Crippen molar-refractivity contribution in [1.82, 2.24) is 4.98 Å². The number of aromatic nitrogens is 1. The zero-order chi connectivity index (χ0) is 23.4. The van der Waals surface area contributed by atoms with Crippen LogP contribution in [0.3, 0.4) is 0 Å². The van der Waals surface area contributed by atoms with E-state index < -0.39 is 0 Å². The summed E-state index contributed by atoms with van der Waals surface area (Å²) in [7, 11) is 0. The molecule has 0 aliphatic carbocycles. The highest BCUT2D eigenvalue weighted by atomic mass is 35.5. The average molecular weight is 463 g/mol. The molecule has 0 unspecified atom stereocenters. The normalized spacial score (nSPS) is 12.0. The van der Waals surface area contributed by atoms with Crippen LogP contribution >= 0.6 is 11.6 Å². The first kappa shape index (κ1) is 22.9. The molecule has 0 spiro atoms. The molecule has 0 aliphatic heterocycles. The molecule has 1 N–H and O–H groups in total. The summed E-state index contributed by atoms with van der Waals surface area (Å²) >= 11 is 6.32. The number of carbonyl (C=O) groups is 1. The van der Waals surface area contributed by atoms with Gasteiger partial charge in [0.1, 0.15) is 11.3 Å². The number of anilines is 1. The third-order valence-electron chi connectivity index (χ3n) is 5.78. The van der Waals surface area contributed by atoms with Gasteiger partial charge in [-0.05, 0) is 72.4 Å². The van der Waals surface area contributed by atoms with Gasteiger partial charge in [-0.1, -0.05) is 50.6 Å². The summed E-state index contributed by atoms with van der Waals surface area (Å²) in [4.78, 5) is 17.1. The molecule has 0 saturated carbocycles. The van der Waals surface area contributed by atoms with Crippen molar-refractivity contribution in [3.63, 3.8) is 0 Å². The van der Waals surface area contributed by atoms with Gasteiger partial charge in [-0.3, -0.25) is 4.79 Å². The van der Waals surface area contributed by atoms with Crippen LogP contribution in [0.15, 0.2) is 65.1 Å². The van der Waals surface area contributed by atoms with Crippen molar-refractivity contribution in [3.05, 3.63) is 76.8 Å². The Morgan fingerprint density at radius 3 is 2.61 bits per heavy atom. The number of fused-ring (bicyclic) bond motifs is 1. The van der Waals surface area contributed by atoms with Gasteiger partial charge in [-0.25, -0.2) is 4.98 Å². The van der Waals surface area contributed by atoms with E-state index >= 15 is 0 Å². The second kappa shape index (κ2) is 10.1. The van der Waals surface area contributed by atoms with Crippen molar-refractivity contribution in [2.45, 2.75) is 39.5 Å². The molecule has 1 heterocycles. The van der Waals surface area contributed by atoms with Gasteiger partial charge in [0.2, 0.25) is 5.89 Å². The fourth-order valence-corrected chi connectivity index (χ4v) is 3.69. The van der Waals surface area contributed by atoms with Crippen LogP contribution in [0.25, 0.3) is 22.6 Å². The van der Waals surface area contributed by atoms with Gasteiger partial charge in [0.15, 0.2) is 12.2 Å². The standard InChI is InChI=1S/C27H27ClN2O3/c1-4-17(3)19-9-13-25-24(14-19)30-27(33-25)20-8-12-22(28)23(15-20)29-26(31)16-32-21-10-6-18(5-2)7-11-21/h6-15,17H,4-5,16H2,1-3H3,(H,29,31)/t17-/m0/s1. The zero-order valence-corrected chi connectivity index (χ0v) is 19.8. The van der Waals surface area contributed by atoms with Crippen LogP contribution in [0, 0.1) is 0 Å². The number of amides is 1. The van der Waals surface area contributed by atoms with Crippen molar-refractivity contribution >= 4 is 34.3 Å². The van der Waals surface area contributed by atoms with E-state index in [-0.39, 0.29) is 12.5 Å². The van der Waals surface area contributed by atoms with Crippen LogP contribution in [-0.2, 0) is 11.2 Å². The molecule has 4 aromatic rings. The summed E-state index contributed by atoms with van der Waals surface area (Å²) in [6.07, 6.45) is 2.01. The second-order valence-corrected chi connectivity index (χ2v) is 8.49. The first-order valence-electron chi connectivity index (χ1n) is 11.2. The quantitative estimate of drug-likeness (QED) is 0.299. The van der Waals surface area contributed by atoms with Crippen molar-refractivity contribution < 1.29 is 13.9 Å². The molecule has 0 fully saturated rings. The molecule has 3 aromatic carbocycles. The van der Waals surface area contributed by atoms with Crippen molar-refractivity contribution in [2.75, 3.05) is 11.9 Å². The van der Waals surface area contributed by atoms with E-state index in [4.69, 9.17) is 20.8 Å². The average Bonchev–Trinajstić information content (AvgIpc) is 3.27. The SMILES string of the molecule is CCc1ccc(OCC(=O)Nc2cc(-c3nc4cc([C@@H](C)CC)ccc4o3)ccc2Cl)cc1. The highest BCUT2D eigenvalue weighted by Crippen LogP contribution is 2.31. The molecule has 5 nitrogen and oxygen atoms in total. The van der Waals surface area contributed by atoms with Gasteiger partial charge in [0.05, 0.1) is 10.7 Å². The lowest BCUT2D eigenvalue weighted by Gasteiger charge is -2.10. The van der Waals surface area contributed by atoms with E-state index in [0.29, 0.717) is 28.3 Å².